The van der Waals surface area contributed by atoms with Gasteiger partial charge in [0, 0.05) is 18.6 Å². The Kier molecular flexibility index (Phi) is 5.15. The van der Waals surface area contributed by atoms with Crippen molar-refractivity contribution in [1.29, 1.82) is 5.26 Å². The van der Waals surface area contributed by atoms with Crippen LogP contribution in [0.15, 0.2) is 0 Å². The molecule has 98 valence electrons. The fourth-order valence-corrected chi connectivity index (χ4v) is 1.40. The van der Waals surface area contributed by atoms with E-state index in [9.17, 15) is 4.79 Å². The summed E-state index contributed by atoms with van der Waals surface area (Å²) in [5.74, 6) is -0.148. The highest BCUT2D eigenvalue weighted by atomic mass is 16.2. The molecule has 0 fully saturated rings. The Bertz CT molecular complexity index is 310. The van der Waals surface area contributed by atoms with Crippen LogP contribution < -0.4 is 5.73 Å². The van der Waals surface area contributed by atoms with Crippen molar-refractivity contribution in [2.45, 2.75) is 47.1 Å². The number of amides is 1. The molecule has 4 heteroatoms. The Hall–Kier alpha value is -1.08. The van der Waals surface area contributed by atoms with E-state index < -0.39 is 11.0 Å². The van der Waals surface area contributed by atoms with Crippen molar-refractivity contribution >= 4 is 5.91 Å². The van der Waals surface area contributed by atoms with E-state index >= 15 is 0 Å². The van der Waals surface area contributed by atoms with Crippen LogP contribution in [0, 0.1) is 22.7 Å². The van der Waals surface area contributed by atoms with E-state index in [0.717, 1.165) is 0 Å². The fraction of sp³-hybridized carbons (Fsp3) is 0.846. The van der Waals surface area contributed by atoms with Gasteiger partial charge in [0.25, 0.3) is 0 Å². The van der Waals surface area contributed by atoms with Crippen LogP contribution >= 0.6 is 0 Å². The molecule has 0 saturated carbocycles. The summed E-state index contributed by atoms with van der Waals surface area (Å²) in [5.41, 5.74) is 4.83. The van der Waals surface area contributed by atoms with Crippen molar-refractivity contribution in [1.82, 2.24) is 4.90 Å². The van der Waals surface area contributed by atoms with Gasteiger partial charge in [0.2, 0.25) is 5.91 Å². The molecule has 0 aromatic carbocycles. The molecule has 4 nitrogen and oxygen atoms in total. The summed E-state index contributed by atoms with van der Waals surface area (Å²) in [6, 6.07) is 2.15. The zero-order chi connectivity index (χ0) is 13.9. The van der Waals surface area contributed by atoms with Crippen LogP contribution in [-0.2, 0) is 4.79 Å². The number of nitriles is 1. The normalized spacial score (nSPS) is 14.0. The van der Waals surface area contributed by atoms with Crippen molar-refractivity contribution in [3.63, 3.8) is 0 Å². The maximum atomic E-state index is 12.4. The quantitative estimate of drug-likeness (QED) is 0.794. The molecular weight excluding hydrogens is 214 g/mol. The van der Waals surface area contributed by atoms with Gasteiger partial charge < -0.3 is 10.6 Å². The Morgan fingerprint density at radius 2 is 1.88 bits per heavy atom. The summed E-state index contributed by atoms with van der Waals surface area (Å²) < 4.78 is 0. The standard InChI is InChI=1S/C13H25N3O/c1-7-16(9-10(2)8-14)11(17)12(3,4)13(5,6)15/h10H,7,9,15H2,1-6H3. The molecule has 17 heavy (non-hydrogen) atoms. The van der Waals surface area contributed by atoms with Crippen LogP contribution in [0.5, 0.6) is 0 Å². The molecule has 1 amide bonds. The minimum absolute atomic E-state index is 0.00889. The zero-order valence-electron chi connectivity index (χ0n) is 11.9. The minimum Gasteiger partial charge on any atom is -0.341 e. The lowest BCUT2D eigenvalue weighted by molar-refractivity contribution is -0.143. The minimum atomic E-state index is -0.641. The lowest BCUT2D eigenvalue weighted by atomic mass is 9.74. The van der Waals surface area contributed by atoms with E-state index in [1.54, 1.807) is 4.90 Å². The maximum absolute atomic E-state index is 12.4. The average Bonchev–Trinajstić information content (AvgIpc) is 2.22. The lowest BCUT2D eigenvalue weighted by Gasteiger charge is -2.40. The molecule has 0 aromatic heterocycles. The predicted molar refractivity (Wildman–Crippen MR) is 69.1 cm³/mol. The van der Waals surface area contributed by atoms with Gasteiger partial charge in [-0.3, -0.25) is 4.79 Å². The van der Waals surface area contributed by atoms with E-state index in [-0.39, 0.29) is 11.8 Å². The lowest BCUT2D eigenvalue weighted by Crippen LogP contribution is -2.57. The third-order valence-electron chi connectivity index (χ3n) is 3.53. The number of hydrogen-bond acceptors (Lipinski definition) is 3. The van der Waals surface area contributed by atoms with E-state index in [2.05, 4.69) is 6.07 Å². The summed E-state index contributed by atoms with van der Waals surface area (Å²) in [6.45, 7) is 12.2. The summed E-state index contributed by atoms with van der Waals surface area (Å²) in [4.78, 5) is 14.1. The monoisotopic (exact) mass is 239 g/mol. The van der Waals surface area contributed by atoms with Crippen LogP contribution in [0.2, 0.25) is 0 Å². The van der Waals surface area contributed by atoms with Gasteiger partial charge in [-0.1, -0.05) is 0 Å². The van der Waals surface area contributed by atoms with Crippen LogP contribution in [0.1, 0.15) is 41.5 Å². The second-order valence-corrected chi connectivity index (χ2v) is 5.72. The highest BCUT2D eigenvalue weighted by molar-refractivity contribution is 5.83. The van der Waals surface area contributed by atoms with Gasteiger partial charge in [0.15, 0.2) is 0 Å². The van der Waals surface area contributed by atoms with Gasteiger partial charge >= 0.3 is 0 Å². The molecule has 0 aliphatic rings. The number of hydrogen-bond donors (Lipinski definition) is 1. The molecular formula is C13H25N3O. The van der Waals surface area contributed by atoms with Gasteiger partial charge in [0.1, 0.15) is 0 Å². The van der Waals surface area contributed by atoms with Crippen molar-refractivity contribution in [2.75, 3.05) is 13.1 Å². The van der Waals surface area contributed by atoms with Crippen molar-refractivity contribution in [3.05, 3.63) is 0 Å². The molecule has 0 saturated heterocycles. The summed E-state index contributed by atoms with van der Waals surface area (Å²) in [5, 5.41) is 8.81. The van der Waals surface area contributed by atoms with Crippen LogP contribution in [-0.4, -0.2) is 29.4 Å². The number of carbonyl (C=O) groups is 1. The highest BCUT2D eigenvalue weighted by Gasteiger charge is 2.42. The molecule has 1 atom stereocenters. The Balaban J connectivity index is 4.95. The molecule has 0 aliphatic heterocycles. The molecule has 0 bridgehead atoms. The maximum Gasteiger partial charge on any atom is 0.230 e. The highest BCUT2D eigenvalue weighted by Crippen LogP contribution is 2.30. The zero-order valence-corrected chi connectivity index (χ0v) is 11.9. The van der Waals surface area contributed by atoms with Crippen molar-refractivity contribution in [3.8, 4) is 6.07 Å². The van der Waals surface area contributed by atoms with Crippen LogP contribution in [0.25, 0.3) is 0 Å². The Morgan fingerprint density at radius 1 is 1.41 bits per heavy atom. The molecule has 0 rings (SSSR count). The first-order chi connectivity index (χ1) is 7.57. The van der Waals surface area contributed by atoms with Gasteiger partial charge in [-0.2, -0.15) is 5.26 Å². The molecule has 0 radical (unpaired) electrons. The van der Waals surface area contributed by atoms with Crippen molar-refractivity contribution < 1.29 is 4.79 Å². The van der Waals surface area contributed by atoms with Crippen LogP contribution in [0.3, 0.4) is 0 Å². The van der Waals surface area contributed by atoms with Gasteiger partial charge in [-0.05, 0) is 41.5 Å². The Labute approximate surface area is 105 Å². The van der Waals surface area contributed by atoms with E-state index in [1.807, 2.05) is 41.5 Å². The topological polar surface area (TPSA) is 70.1 Å². The molecule has 0 aliphatic carbocycles. The average molecular weight is 239 g/mol. The third-order valence-corrected chi connectivity index (χ3v) is 3.53. The molecule has 0 aromatic rings. The van der Waals surface area contributed by atoms with Gasteiger partial charge in [-0.15, -0.1) is 0 Å². The summed E-state index contributed by atoms with van der Waals surface area (Å²) in [6.07, 6.45) is 0. The second-order valence-electron chi connectivity index (χ2n) is 5.72. The predicted octanol–water partition coefficient (Wildman–Crippen LogP) is 1.76. The van der Waals surface area contributed by atoms with Gasteiger partial charge in [0.05, 0.1) is 17.4 Å². The van der Waals surface area contributed by atoms with Crippen LogP contribution in [0.4, 0.5) is 0 Å². The SMILES string of the molecule is CCN(CC(C)C#N)C(=O)C(C)(C)C(C)(C)N. The molecule has 0 spiro atoms. The molecule has 2 N–H and O–H groups in total. The number of nitrogens with zero attached hydrogens (tertiary/aromatic N) is 2. The molecule has 1 unspecified atom stereocenters. The van der Waals surface area contributed by atoms with Gasteiger partial charge in [-0.25, -0.2) is 0 Å². The smallest absolute Gasteiger partial charge is 0.230 e. The largest absolute Gasteiger partial charge is 0.341 e. The second kappa shape index (κ2) is 5.50. The number of rotatable bonds is 5. The van der Waals surface area contributed by atoms with E-state index in [1.165, 1.54) is 0 Å². The summed E-state index contributed by atoms with van der Waals surface area (Å²) in [7, 11) is 0. The number of nitrogens with two attached hydrogens (primary N) is 1. The first-order valence-corrected chi connectivity index (χ1v) is 6.05. The number of carbonyl (C=O) groups excluding carboxylic acids is 1. The first-order valence-electron chi connectivity index (χ1n) is 6.05. The first kappa shape index (κ1) is 15.9. The molecule has 0 heterocycles. The Morgan fingerprint density at radius 3 is 2.18 bits per heavy atom. The van der Waals surface area contributed by atoms with E-state index in [0.29, 0.717) is 13.1 Å². The third kappa shape index (κ3) is 3.71. The summed E-state index contributed by atoms with van der Waals surface area (Å²) >= 11 is 0. The van der Waals surface area contributed by atoms with Crippen molar-refractivity contribution in [2.24, 2.45) is 17.1 Å². The fourth-order valence-electron chi connectivity index (χ4n) is 1.40. The van der Waals surface area contributed by atoms with E-state index in [4.69, 9.17) is 11.0 Å².